The van der Waals surface area contributed by atoms with Gasteiger partial charge in [0.05, 0.1) is 17.1 Å². The maximum absolute atomic E-state index is 12.6. The highest BCUT2D eigenvalue weighted by Crippen LogP contribution is 2.32. The quantitative estimate of drug-likeness (QED) is 0.331. The summed E-state index contributed by atoms with van der Waals surface area (Å²) in [6, 6.07) is 13.0. The van der Waals surface area contributed by atoms with Crippen LogP contribution in [0.3, 0.4) is 0 Å². The summed E-state index contributed by atoms with van der Waals surface area (Å²) in [7, 11) is 0. The first-order valence-corrected chi connectivity index (χ1v) is 11.1. The number of unbranched alkanes of at least 4 members (excludes halogenated alkanes) is 1. The molecule has 1 saturated heterocycles. The molecule has 0 spiro atoms. The van der Waals surface area contributed by atoms with Crippen LogP contribution >= 0.6 is 23.4 Å². The van der Waals surface area contributed by atoms with E-state index in [4.69, 9.17) is 16.3 Å². The molecule has 2 aromatic carbocycles. The lowest BCUT2D eigenvalue weighted by Gasteiger charge is -2.12. The molecule has 3 amide bonds. The maximum atomic E-state index is 12.6. The van der Waals surface area contributed by atoms with Crippen molar-refractivity contribution >= 4 is 58.1 Å². The van der Waals surface area contributed by atoms with Crippen LogP contribution in [0, 0.1) is 0 Å². The monoisotopic (exact) mass is 472 g/mol. The molecule has 166 valence electrons. The number of carbonyl (C=O) groups excluding carboxylic acids is 4. The number of ether oxygens (including phenoxy) is 1. The van der Waals surface area contributed by atoms with Gasteiger partial charge in [0.1, 0.15) is 6.54 Å². The Morgan fingerprint density at radius 2 is 1.78 bits per heavy atom. The van der Waals surface area contributed by atoms with Gasteiger partial charge in [-0.05, 0) is 66.2 Å². The number of benzene rings is 2. The molecule has 1 aliphatic rings. The molecule has 2 aromatic rings. The van der Waals surface area contributed by atoms with Crippen LogP contribution in [0.4, 0.5) is 10.5 Å². The average molecular weight is 473 g/mol. The Bertz CT molecular complexity index is 1050. The van der Waals surface area contributed by atoms with E-state index < -0.39 is 29.6 Å². The summed E-state index contributed by atoms with van der Waals surface area (Å²) in [4.78, 5) is 50.2. The molecule has 1 aliphatic heterocycles. The molecule has 0 bridgehead atoms. The fourth-order valence-electron chi connectivity index (χ4n) is 2.77. The summed E-state index contributed by atoms with van der Waals surface area (Å²) in [6.07, 6.45) is 3.30. The van der Waals surface area contributed by atoms with E-state index in [2.05, 4.69) is 5.32 Å². The predicted molar refractivity (Wildman–Crippen MR) is 124 cm³/mol. The van der Waals surface area contributed by atoms with Crippen molar-refractivity contribution in [2.75, 3.05) is 18.5 Å². The SMILES string of the molecule is CCCCOC(=O)c1ccc(NC(=O)CN2C(=O)S/C(=C/c3ccc(Cl)cc3)C2=O)cc1. The third kappa shape index (κ3) is 6.21. The highest BCUT2D eigenvalue weighted by atomic mass is 35.5. The van der Waals surface area contributed by atoms with Crippen molar-refractivity contribution in [2.45, 2.75) is 19.8 Å². The van der Waals surface area contributed by atoms with Crippen LogP contribution in [0.2, 0.25) is 5.02 Å². The molecule has 1 N–H and O–H groups in total. The Balaban J connectivity index is 1.57. The lowest BCUT2D eigenvalue weighted by molar-refractivity contribution is -0.127. The predicted octanol–water partition coefficient (Wildman–Crippen LogP) is 4.97. The van der Waals surface area contributed by atoms with Crippen LogP contribution in [0.15, 0.2) is 53.4 Å². The second-order valence-electron chi connectivity index (χ2n) is 6.93. The molecule has 1 fully saturated rings. The van der Waals surface area contributed by atoms with Crippen molar-refractivity contribution in [1.82, 2.24) is 4.90 Å². The number of nitrogens with one attached hydrogen (secondary N) is 1. The van der Waals surface area contributed by atoms with Crippen molar-refractivity contribution in [3.63, 3.8) is 0 Å². The lowest BCUT2D eigenvalue weighted by Crippen LogP contribution is -2.36. The molecule has 0 atom stereocenters. The zero-order valence-electron chi connectivity index (χ0n) is 17.3. The van der Waals surface area contributed by atoms with Crippen LogP contribution in [-0.4, -0.2) is 41.1 Å². The van der Waals surface area contributed by atoms with Crippen LogP contribution in [-0.2, 0) is 14.3 Å². The van der Waals surface area contributed by atoms with Gasteiger partial charge in [0.2, 0.25) is 5.91 Å². The topological polar surface area (TPSA) is 92.8 Å². The molecule has 0 aromatic heterocycles. The Hall–Kier alpha value is -3.10. The molecule has 3 rings (SSSR count). The number of nitrogens with zero attached hydrogens (tertiary/aromatic N) is 1. The van der Waals surface area contributed by atoms with Gasteiger partial charge in [-0.1, -0.05) is 37.1 Å². The Morgan fingerprint density at radius 1 is 1.09 bits per heavy atom. The third-order valence-electron chi connectivity index (χ3n) is 4.48. The minimum absolute atomic E-state index is 0.232. The second kappa shape index (κ2) is 11.0. The number of amides is 3. The minimum atomic E-state index is -0.532. The van der Waals surface area contributed by atoms with Gasteiger partial charge in [-0.2, -0.15) is 0 Å². The number of hydrogen-bond acceptors (Lipinski definition) is 6. The number of halogens is 1. The van der Waals surface area contributed by atoms with Gasteiger partial charge in [-0.25, -0.2) is 4.79 Å². The summed E-state index contributed by atoms with van der Waals surface area (Å²) in [5, 5.41) is 2.66. The molecule has 0 saturated carbocycles. The summed E-state index contributed by atoms with van der Waals surface area (Å²) >= 11 is 6.63. The van der Waals surface area contributed by atoms with Gasteiger partial charge < -0.3 is 10.1 Å². The number of esters is 1. The first-order chi connectivity index (χ1) is 15.4. The molecule has 1 heterocycles. The van der Waals surface area contributed by atoms with E-state index in [0.29, 0.717) is 22.9 Å². The Morgan fingerprint density at radius 3 is 2.44 bits per heavy atom. The molecule has 0 radical (unpaired) electrons. The number of thioether (sulfide) groups is 1. The van der Waals surface area contributed by atoms with Crippen LogP contribution in [0.1, 0.15) is 35.7 Å². The average Bonchev–Trinajstić information content (AvgIpc) is 3.03. The molecule has 32 heavy (non-hydrogen) atoms. The van der Waals surface area contributed by atoms with E-state index >= 15 is 0 Å². The van der Waals surface area contributed by atoms with E-state index in [0.717, 1.165) is 35.1 Å². The van der Waals surface area contributed by atoms with Gasteiger partial charge in [0, 0.05) is 10.7 Å². The Kier molecular flexibility index (Phi) is 8.08. The lowest BCUT2D eigenvalue weighted by atomic mass is 10.2. The molecule has 0 aliphatic carbocycles. The fourth-order valence-corrected chi connectivity index (χ4v) is 3.74. The van der Waals surface area contributed by atoms with Crippen molar-refractivity contribution in [3.05, 3.63) is 69.6 Å². The number of rotatable bonds is 8. The Labute approximate surface area is 194 Å². The van der Waals surface area contributed by atoms with Crippen LogP contribution in [0.5, 0.6) is 0 Å². The van der Waals surface area contributed by atoms with Gasteiger partial charge in [0.15, 0.2) is 0 Å². The van der Waals surface area contributed by atoms with E-state index in [1.54, 1.807) is 54.6 Å². The fraction of sp³-hybridized carbons (Fsp3) is 0.217. The number of anilines is 1. The first kappa shape index (κ1) is 23.6. The molecular weight excluding hydrogens is 452 g/mol. The number of hydrogen-bond donors (Lipinski definition) is 1. The van der Waals surface area contributed by atoms with Gasteiger partial charge >= 0.3 is 5.97 Å². The minimum Gasteiger partial charge on any atom is -0.462 e. The van der Waals surface area contributed by atoms with E-state index in [1.165, 1.54) is 0 Å². The first-order valence-electron chi connectivity index (χ1n) is 9.95. The van der Waals surface area contributed by atoms with E-state index in [1.807, 2.05) is 6.92 Å². The zero-order chi connectivity index (χ0) is 23.1. The normalized spacial score (nSPS) is 14.7. The largest absolute Gasteiger partial charge is 0.462 e. The zero-order valence-corrected chi connectivity index (χ0v) is 18.9. The highest BCUT2D eigenvalue weighted by molar-refractivity contribution is 8.18. The molecule has 0 unspecified atom stereocenters. The van der Waals surface area contributed by atoms with Gasteiger partial charge in [-0.15, -0.1) is 0 Å². The van der Waals surface area contributed by atoms with Crippen molar-refractivity contribution in [2.24, 2.45) is 0 Å². The smallest absolute Gasteiger partial charge is 0.338 e. The van der Waals surface area contributed by atoms with Gasteiger partial charge in [0.25, 0.3) is 11.1 Å². The van der Waals surface area contributed by atoms with Crippen molar-refractivity contribution in [1.29, 1.82) is 0 Å². The number of imide groups is 1. The maximum Gasteiger partial charge on any atom is 0.338 e. The highest BCUT2D eigenvalue weighted by Gasteiger charge is 2.36. The van der Waals surface area contributed by atoms with Gasteiger partial charge in [-0.3, -0.25) is 19.3 Å². The van der Waals surface area contributed by atoms with Crippen molar-refractivity contribution in [3.8, 4) is 0 Å². The molecule has 9 heteroatoms. The standard InChI is InChI=1S/C23H21ClN2O5S/c1-2-3-12-31-22(29)16-6-10-18(11-7-16)25-20(27)14-26-21(28)19(32-23(26)30)13-15-4-8-17(24)9-5-15/h4-11,13H,2-3,12,14H2,1H3,(H,25,27)/b19-13+. The number of carbonyl (C=O) groups is 4. The summed E-state index contributed by atoms with van der Waals surface area (Å²) in [5.41, 5.74) is 1.53. The summed E-state index contributed by atoms with van der Waals surface area (Å²) in [6.45, 7) is 1.95. The van der Waals surface area contributed by atoms with Crippen molar-refractivity contribution < 1.29 is 23.9 Å². The van der Waals surface area contributed by atoms with Crippen LogP contribution < -0.4 is 5.32 Å². The second-order valence-corrected chi connectivity index (χ2v) is 8.36. The van der Waals surface area contributed by atoms with E-state index in [9.17, 15) is 19.2 Å². The third-order valence-corrected chi connectivity index (χ3v) is 5.64. The summed E-state index contributed by atoms with van der Waals surface area (Å²) < 4.78 is 5.14. The van der Waals surface area contributed by atoms with Crippen LogP contribution in [0.25, 0.3) is 6.08 Å². The molecular formula is C23H21ClN2O5S. The van der Waals surface area contributed by atoms with E-state index in [-0.39, 0.29) is 4.91 Å². The molecule has 7 nitrogen and oxygen atoms in total. The summed E-state index contributed by atoms with van der Waals surface area (Å²) in [5.74, 6) is -1.49.